The molecule has 1 aliphatic rings. The second-order valence-corrected chi connectivity index (χ2v) is 9.21. The molecule has 24 heavy (non-hydrogen) atoms. The predicted octanol–water partition coefficient (Wildman–Crippen LogP) is 2.47. The summed E-state index contributed by atoms with van der Waals surface area (Å²) in [5, 5.41) is 0. The summed E-state index contributed by atoms with van der Waals surface area (Å²) in [7, 11) is -17.0. The Balaban J connectivity index is 4.27. The molecule has 0 spiro atoms. The predicted molar refractivity (Wildman–Crippen MR) is 47.5 cm³/mol. The van der Waals surface area contributed by atoms with Gasteiger partial charge in [0.1, 0.15) is 0 Å². The quantitative estimate of drug-likeness (QED) is 0.557. The lowest BCUT2D eigenvalue weighted by molar-refractivity contribution is -0.268. The molecule has 0 aromatic carbocycles. The number of hydrogen-bond donors (Lipinski definition) is 0. The third kappa shape index (κ3) is 1.68. The molecule has 0 amide bonds. The Morgan fingerprint density at radius 2 is 0.542 bits per heavy atom. The molecule has 0 aromatic heterocycles. The van der Waals surface area contributed by atoms with E-state index in [1.54, 1.807) is 0 Å². The summed E-state index contributed by atoms with van der Waals surface area (Å²) in [6, 6.07) is 0. The van der Waals surface area contributed by atoms with Gasteiger partial charge in [-0.15, -0.1) is 0 Å². The fourth-order valence-corrected chi connectivity index (χ4v) is 8.69. The van der Waals surface area contributed by atoms with E-state index in [1.807, 2.05) is 0 Å². The van der Waals surface area contributed by atoms with E-state index < -0.39 is 52.5 Å². The van der Waals surface area contributed by atoms with Crippen molar-refractivity contribution in [1.29, 1.82) is 0 Å². The van der Waals surface area contributed by atoms with Crippen LogP contribution in [-0.2, 0) is 19.7 Å². The van der Waals surface area contributed by atoms with E-state index in [1.165, 1.54) is 0 Å². The second-order valence-electron chi connectivity index (χ2n) is 4.23. The van der Waals surface area contributed by atoms with E-state index >= 15 is 0 Å². The lowest BCUT2D eigenvalue weighted by Gasteiger charge is -2.53. The monoisotopic (exact) mass is 428 g/mol. The minimum absolute atomic E-state index is 7.26. The third-order valence-electron chi connectivity index (χ3n) is 3.01. The first kappa shape index (κ1) is 21.1. The zero-order valence-corrected chi connectivity index (χ0v) is 11.6. The Bertz CT molecular complexity index is 627. The standard InChI is InChI=1S/C6F12O4S2/c7-3(8,9)1(4(10,11)12)23(19,20)2(5(13,14)15,6(16,17)18)24(1,21)22. The first-order chi connectivity index (χ1) is 10.0. The van der Waals surface area contributed by atoms with E-state index in [0.29, 0.717) is 0 Å². The van der Waals surface area contributed by atoms with Crippen molar-refractivity contribution >= 4 is 19.7 Å². The first-order valence-electron chi connectivity index (χ1n) is 4.75. The van der Waals surface area contributed by atoms with Gasteiger partial charge in [-0.1, -0.05) is 0 Å². The molecule has 0 bridgehead atoms. The molecule has 0 aliphatic carbocycles. The molecule has 0 N–H and O–H groups in total. The maximum absolute atomic E-state index is 12.5. The molecule has 1 fully saturated rings. The molecule has 4 nitrogen and oxygen atoms in total. The molecule has 1 rings (SSSR count). The van der Waals surface area contributed by atoms with Gasteiger partial charge in [-0.2, -0.15) is 52.7 Å². The van der Waals surface area contributed by atoms with Crippen molar-refractivity contribution in [3.05, 3.63) is 0 Å². The van der Waals surface area contributed by atoms with E-state index in [2.05, 4.69) is 0 Å². The van der Waals surface area contributed by atoms with Gasteiger partial charge in [0.2, 0.25) is 19.7 Å². The van der Waals surface area contributed by atoms with Crippen molar-refractivity contribution in [1.82, 2.24) is 0 Å². The van der Waals surface area contributed by atoms with Crippen LogP contribution in [0.15, 0.2) is 0 Å². The Hall–Kier alpha value is -0.940. The van der Waals surface area contributed by atoms with Gasteiger partial charge in [0, 0.05) is 0 Å². The Labute approximate surface area is 123 Å². The highest BCUT2D eigenvalue weighted by molar-refractivity contribution is 8.28. The first-order valence-corrected chi connectivity index (χ1v) is 7.72. The minimum Gasteiger partial charge on any atom is -0.224 e. The zero-order chi connectivity index (χ0) is 20.0. The van der Waals surface area contributed by atoms with Gasteiger partial charge in [0.25, 0.3) is 0 Å². The van der Waals surface area contributed by atoms with Crippen molar-refractivity contribution in [2.75, 3.05) is 0 Å². The van der Waals surface area contributed by atoms with Crippen LogP contribution in [0.3, 0.4) is 0 Å². The molecule has 0 radical (unpaired) electrons. The third-order valence-corrected chi connectivity index (χ3v) is 10.5. The fourth-order valence-electron chi connectivity index (χ4n) is 2.20. The van der Waals surface area contributed by atoms with Crippen LogP contribution in [-0.4, -0.2) is 49.7 Å². The van der Waals surface area contributed by atoms with Crippen LogP contribution in [0.1, 0.15) is 0 Å². The molecule has 0 saturated carbocycles. The molecule has 0 unspecified atom stereocenters. The van der Waals surface area contributed by atoms with Gasteiger partial charge < -0.3 is 0 Å². The van der Waals surface area contributed by atoms with Gasteiger partial charge in [0.15, 0.2) is 0 Å². The summed E-state index contributed by atoms with van der Waals surface area (Å²) in [5.74, 6) is 0. The molecule has 1 saturated heterocycles. The molecule has 144 valence electrons. The molecule has 18 heteroatoms. The number of hydrogen-bond acceptors (Lipinski definition) is 4. The highest BCUT2D eigenvalue weighted by Crippen LogP contribution is 2.73. The van der Waals surface area contributed by atoms with Gasteiger partial charge in [-0.25, -0.2) is 16.8 Å². The van der Waals surface area contributed by atoms with Crippen LogP contribution in [0.2, 0.25) is 0 Å². The molecular weight excluding hydrogens is 428 g/mol. The van der Waals surface area contributed by atoms with Crippen molar-refractivity contribution in [3.8, 4) is 0 Å². The largest absolute Gasteiger partial charge is 0.431 e. The summed E-state index contributed by atoms with van der Waals surface area (Å²) in [6.07, 6.45) is -30.3. The van der Waals surface area contributed by atoms with Gasteiger partial charge in [-0.3, -0.25) is 0 Å². The van der Waals surface area contributed by atoms with Crippen LogP contribution in [0.4, 0.5) is 52.7 Å². The lowest BCUT2D eigenvalue weighted by Crippen LogP contribution is -2.90. The average Bonchev–Trinajstić information content (AvgIpc) is 2.01. The SMILES string of the molecule is O=S1(=O)C(C(F)(F)F)(C(F)(F)F)S(=O)(=O)C1(C(F)(F)F)C(F)(F)F. The number of rotatable bonds is 0. The Morgan fingerprint density at radius 3 is 0.625 bits per heavy atom. The van der Waals surface area contributed by atoms with Gasteiger partial charge in [0.05, 0.1) is 0 Å². The van der Waals surface area contributed by atoms with Crippen molar-refractivity contribution in [3.63, 3.8) is 0 Å². The smallest absolute Gasteiger partial charge is 0.224 e. The molecule has 0 aromatic rings. The molecular formula is C6F12O4S2. The van der Waals surface area contributed by atoms with E-state index in [0.717, 1.165) is 0 Å². The van der Waals surface area contributed by atoms with Crippen LogP contribution in [0.25, 0.3) is 0 Å². The summed E-state index contributed by atoms with van der Waals surface area (Å²) in [5.41, 5.74) is 0. The summed E-state index contributed by atoms with van der Waals surface area (Å²) in [6.45, 7) is 0. The Kier molecular flexibility index (Phi) is 3.88. The second kappa shape index (κ2) is 4.42. The highest BCUT2D eigenvalue weighted by atomic mass is 32.3. The van der Waals surface area contributed by atoms with Crippen molar-refractivity contribution in [2.45, 2.75) is 32.9 Å². The maximum Gasteiger partial charge on any atom is 0.431 e. The topological polar surface area (TPSA) is 68.3 Å². The summed E-state index contributed by atoms with van der Waals surface area (Å²) < 4.78 is 181. The van der Waals surface area contributed by atoms with Gasteiger partial charge >= 0.3 is 32.9 Å². The maximum atomic E-state index is 12.5. The van der Waals surface area contributed by atoms with Crippen LogP contribution < -0.4 is 0 Å². The normalized spacial score (nSPS) is 25.8. The summed E-state index contributed by atoms with van der Waals surface area (Å²) in [4.78, 5) is 0. The van der Waals surface area contributed by atoms with E-state index in [4.69, 9.17) is 0 Å². The van der Waals surface area contributed by atoms with Crippen LogP contribution in [0, 0.1) is 0 Å². The summed E-state index contributed by atoms with van der Waals surface area (Å²) >= 11 is 0. The number of alkyl halides is 12. The van der Waals surface area contributed by atoms with E-state index in [-0.39, 0.29) is 0 Å². The van der Waals surface area contributed by atoms with Crippen molar-refractivity contribution in [2.24, 2.45) is 0 Å². The average molecular weight is 428 g/mol. The lowest BCUT2D eigenvalue weighted by atomic mass is 10.3. The highest BCUT2D eigenvalue weighted by Gasteiger charge is 3.10. The molecule has 0 atom stereocenters. The molecule has 1 aliphatic heterocycles. The number of halogens is 12. The zero-order valence-electron chi connectivity index (χ0n) is 9.99. The van der Waals surface area contributed by atoms with Crippen LogP contribution >= 0.6 is 0 Å². The van der Waals surface area contributed by atoms with Gasteiger partial charge in [-0.05, 0) is 0 Å². The minimum atomic E-state index is -8.51. The Morgan fingerprint density at radius 1 is 0.417 bits per heavy atom. The van der Waals surface area contributed by atoms with Crippen LogP contribution in [0.5, 0.6) is 0 Å². The van der Waals surface area contributed by atoms with E-state index in [9.17, 15) is 69.5 Å². The number of sulfone groups is 2. The van der Waals surface area contributed by atoms with Crippen molar-refractivity contribution < 1.29 is 69.5 Å². The molecule has 1 heterocycles. The fraction of sp³-hybridized carbons (Fsp3) is 1.00.